The Bertz CT molecular complexity index is 214. The van der Waals surface area contributed by atoms with E-state index in [4.69, 9.17) is 4.74 Å². The molecule has 0 amide bonds. The average Bonchev–Trinajstić information content (AvgIpc) is 2.13. The summed E-state index contributed by atoms with van der Waals surface area (Å²) in [7, 11) is 3.96. The van der Waals surface area contributed by atoms with Gasteiger partial charge < -0.3 is 14.7 Å². The molecule has 15 heavy (non-hydrogen) atoms. The van der Waals surface area contributed by atoms with Gasteiger partial charge >= 0.3 is 5.97 Å². The molecule has 0 bridgehead atoms. The SMILES string of the molecule is C=C(C)C(=O)OCC(O)CCCN(C)C. The predicted octanol–water partition coefficient (Wildman–Crippen LogP) is 0.808. The first-order valence-corrected chi connectivity index (χ1v) is 5.09. The molecule has 0 saturated heterocycles. The van der Waals surface area contributed by atoms with E-state index in [1.54, 1.807) is 6.92 Å². The van der Waals surface area contributed by atoms with Gasteiger partial charge in [0.25, 0.3) is 0 Å². The van der Waals surface area contributed by atoms with Crippen LogP contribution in [0.1, 0.15) is 19.8 Å². The quantitative estimate of drug-likeness (QED) is 0.504. The second kappa shape index (κ2) is 7.43. The molecule has 0 aliphatic rings. The van der Waals surface area contributed by atoms with Crippen molar-refractivity contribution in [3.63, 3.8) is 0 Å². The van der Waals surface area contributed by atoms with Crippen molar-refractivity contribution in [3.8, 4) is 0 Å². The van der Waals surface area contributed by atoms with Crippen molar-refractivity contribution < 1.29 is 14.6 Å². The Labute approximate surface area is 91.5 Å². The van der Waals surface area contributed by atoms with Crippen molar-refractivity contribution >= 4 is 5.97 Å². The molecule has 0 aromatic rings. The van der Waals surface area contributed by atoms with E-state index in [9.17, 15) is 9.90 Å². The Morgan fingerprint density at radius 2 is 2.13 bits per heavy atom. The molecule has 0 heterocycles. The number of rotatable bonds is 7. The predicted molar refractivity (Wildman–Crippen MR) is 59.6 cm³/mol. The van der Waals surface area contributed by atoms with Gasteiger partial charge in [0, 0.05) is 5.57 Å². The number of nitrogens with zero attached hydrogens (tertiary/aromatic N) is 1. The third kappa shape index (κ3) is 8.15. The summed E-state index contributed by atoms with van der Waals surface area (Å²) in [4.78, 5) is 13.0. The van der Waals surface area contributed by atoms with Gasteiger partial charge in [-0.25, -0.2) is 4.79 Å². The standard InChI is InChI=1S/C11H21NO3/c1-9(2)11(14)15-8-10(13)6-5-7-12(3)4/h10,13H,1,5-8H2,2-4H3. The molecular weight excluding hydrogens is 194 g/mol. The summed E-state index contributed by atoms with van der Waals surface area (Å²) in [6.45, 7) is 6.02. The van der Waals surface area contributed by atoms with Crippen LogP contribution in [-0.2, 0) is 9.53 Å². The van der Waals surface area contributed by atoms with Crippen LogP contribution in [0.4, 0.5) is 0 Å². The Morgan fingerprint density at radius 3 is 2.60 bits per heavy atom. The van der Waals surface area contributed by atoms with Crippen LogP contribution >= 0.6 is 0 Å². The Hall–Kier alpha value is -0.870. The minimum Gasteiger partial charge on any atom is -0.460 e. The average molecular weight is 215 g/mol. The van der Waals surface area contributed by atoms with Crippen molar-refractivity contribution in [2.24, 2.45) is 0 Å². The first-order chi connectivity index (χ1) is 6.93. The second-order valence-corrected chi connectivity index (χ2v) is 3.98. The summed E-state index contributed by atoms with van der Waals surface area (Å²) in [5.74, 6) is -0.443. The number of esters is 1. The van der Waals surface area contributed by atoms with Gasteiger partial charge in [-0.1, -0.05) is 6.58 Å². The van der Waals surface area contributed by atoms with Gasteiger partial charge in [-0.3, -0.25) is 0 Å². The molecule has 0 aromatic heterocycles. The fourth-order valence-corrected chi connectivity index (χ4v) is 1.02. The first kappa shape index (κ1) is 14.1. The summed E-state index contributed by atoms with van der Waals surface area (Å²) in [6, 6.07) is 0. The van der Waals surface area contributed by atoms with Crippen LogP contribution in [0.3, 0.4) is 0 Å². The molecule has 0 aliphatic heterocycles. The first-order valence-electron chi connectivity index (χ1n) is 5.09. The van der Waals surface area contributed by atoms with Crippen molar-refractivity contribution in [2.75, 3.05) is 27.2 Å². The maximum Gasteiger partial charge on any atom is 0.333 e. The summed E-state index contributed by atoms with van der Waals surface area (Å²) in [5, 5.41) is 9.47. The van der Waals surface area contributed by atoms with Gasteiger partial charge in [0.15, 0.2) is 0 Å². The molecule has 88 valence electrons. The third-order valence-electron chi connectivity index (χ3n) is 1.90. The molecule has 1 atom stereocenters. The fourth-order valence-electron chi connectivity index (χ4n) is 1.02. The van der Waals surface area contributed by atoms with Crippen LogP contribution in [0.2, 0.25) is 0 Å². The smallest absolute Gasteiger partial charge is 0.333 e. The maximum atomic E-state index is 11.0. The Kier molecular flexibility index (Phi) is 6.99. The molecule has 1 N–H and O–H groups in total. The number of carbonyl (C=O) groups is 1. The highest BCUT2D eigenvalue weighted by atomic mass is 16.5. The van der Waals surface area contributed by atoms with Crippen molar-refractivity contribution in [1.29, 1.82) is 0 Å². The van der Waals surface area contributed by atoms with Gasteiger partial charge in [0.2, 0.25) is 0 Å². The molecule has 1 unspecified atom stereocenters. The number of carbonyl (C=O) groups excluding carboxylic acids is 1. The van der Waals surface area contributed by atoms with Crippen LogP contribution in [0.5, 0.6) is 0 Å². The van der Waals surface area contributed by atoms with Gasteiger partial charge in [-0.2, -0.15) is 0 Å². The van der Waals surface area contributed by atoms with E-state index in [0.29, 0.717) is 12.0 Å². The van der Waals surface area contributed by atoms with E-state index >= 15 is 0 Å². The highest BCUT2D eigenvalue weighted by Crippen LogP contribution is 2.00. The van der Waals surface area contributed by atoms with Crippen LogP contribution in [0.25, 0.3) is 0 Å². The van der Waals surface area contributed by atoms with E-state index in [1.165, 1.54) is 0 Å². The number of aliphatic hydroxyl groups is 1. The van der Waals surface area contributed by atoms with Crippen LogP contribution < -0.4 is 0 Å². The maximum absolute atomic E-state index is 11.0. The lowest BCUT2D eigenvalue weighted by Gasteiger charge is -2.13. The third-order valence-corrected chi connectivity index (χ3v) is 1.90. The van der Waals surface area contributed by atoms with Crippen molar-refractivity contribution in [1.82, 2.24) is 4.90 Å². The molecule has 0 fully saturated rings. The van der Waals surface area contributed by atoms with Gasteiger partial charge in [-0.05, 0) is 40.4 Å². The molecular formula is C11H21NO3. The minimum absolute atomic E-state index is 0.0547. The van der Waals surface area contributed by atoms with Gasteiger partial charge in [0.05, 0.1) is 6.10 Å². The summed E-state index contributed by atoms with van der Waals surface area (Å²) < 4.78 is 4.82. The zero-order valence-electron chi connectivity index (χ0n) is 9.82. The zero-order valence-corrected chi connectivity index (χ0v) is 9.82. The number of hydrogen-bond acceptors (Lipinski definition) is 4. The summed E-state index contributed by atoms with van der Waals surface area (Å²) >= 11 is 0. The summed E-state index contributed by atoms with van der Waals surface area (Å²) in [6.07, 6.45) is 0.953. The highest BCUT2D eigenvalue weighted by molar-refractivity contribution is 5.86. The lowest BCUT2D eigenvalue weighted by molar-refractivity contribution is -0.142. The number of hydrogen-bond donors (Lipinski definition) is 1. The minimum atomic E-state index is -0.576. The Morgan fingerprint density at radius 1 is 1.53 bits per heavy atom. The molecule has 0 radical (unpaired) electrons. The number of aliphatic hydroxyl groups excluding tert-OH is 1. The largest absolute Gasteiger partial charge is 0.460 e. The second-order valence-electron chi connectivity index (χ2n) is 3.98. The van der Waals surface area contributed by atoms with E-state index < -0.39 is 12.1 Å². The molecule has 0 rings (SSSR count). The zero-order chi connectivity index (χ0) is 11.8. The van der Waals surface area contributed by atoms with E-state index in [2.05, 4.69) is 6.58 Å². The van der Waals surface area contributed by atoms with Crippen LogP contribution in [0.15, 0.2) is 12.2 Å². The molecule has 4 heteroatoms. The highest BCUT2D eigenvalue weighted by Gasteiger charge is 2.08. The van der Waals surface area contributed by atoms with Crippen LogP contribution in [-0.4, -0.2) is 49.3 Å². The molecule has 0 saturated carbocycles. The van der Waals surface area contributed by atoms with Crippen molar-refractivity contribution in [3.05, 3.63) is 12.2 Å². The fraction of sp³-hybridized carbons (Fsp3) is 0.727. The van der Waals surface area contributed by atoms with E-state index in [0.717, 1.165) is 13.0 Å². The monoisotopic (exact) mass is 215 g/mol. The topological polar surface area (TPSA) is 49.8 Å². The van der Waals surface area contributed by atoms with E-state index in [-0.39, 0.29) is 6.61 Å². The van der Waals surface area contributed by atoms with Crippen molar-refractivity contribution in [2.45, 2.75) is 25.9 Å². The summed E-state index contributed by atoms with van der Waals surface area (Å²) in [5.41, 5.74) is 0.357. The van der Waals surface area contributed by atoms with Crippen LogP contribution in [0, 0.1) is 0 Å². The molecule has 4 nitrogen and oxygen atoms in total. The molecule has 0 spiro atoms. The molecule has 0 aromatic carbocycles. The number of ether oxygens (including phenoxy) is 1. The lowest BCUT2D eigenvalue weighted by Crippen LogP contribution is -2.21. The molecule has 0 aliphatic carbocycles. The lowest BCUT2D eigenvalue weighted by atomic mass is 10.2. The van der Waals surface area contributed by atoms with E-state index in [1.807, 2.05) is 19.0 Å². The Balaban J connectivity index is 3.53. The van der Waals surface area contributed by atoms with Gasteiger partial charge in [0.1, 0.15) is 6.61 Å². The normalized spacial score (nSPS) is 12.6. The van der Waals surface area contributed by atoms with Gasteiger partial charge in [-0.15, -0.1) is 0 Å².